The molecule has 0 fully saturated rings. The lowest BCUT2D eigenvalue weighted by atomic mass is 10.1. The molecule has 0 N–H and O–H groups in total. The van der Waals surface area contributed by atoms with Gasteiger partial charge in [0.2, 0.25) is 0 Å². The molecule has 0 atom stereocenters. The standard InChI is InChI=1S/C13H13F3N4O3/c1-4-23-11(21)10-7(2)8(5-6-9(10)22-3)20-12(13(14,15)16)17-18-19-20/h5-6H,4H2,1-3H3. The summed E-state index contributed by atoms with van der Waals surface area (Å²) in [7, 11) is 1.34. The van der Waals surface area contributed by atoms with Crippen LogP contribution in [0.5, 0.6) is 5.75 Å². The van der Waals surface area contributed by atoms with Crippen LogP contribution in [0, 0.1) is 6.92 Å². The number of esters is 1. The van der Waals surface area contributed by atoms with E-state index in [2.05, 4.69) is 15.5 Å². The van der Waals surface area contributed by atoms with Gasteiger partial charge in [-0.2, -0.15) is 17.9 Å². The lowest BCUT2D eigenvalue weighted by molar-refractivity contribution is -0.146. The van der Waals surface area contributed by atoms with Crippen molar-refractivity contribution in [3.05, 3.63) is 29.1 Å². The zero-order valence-corrected chi connectivity index (χ0v) is 12.5. The van der Waals surface area contributed by atoms with Gasteiger partial charge in [-0.25, -0.2) is 4.79 Å². The number of halogens is 3. The van der Waals surface area contributed by atoms with Gasteiger partial charge < -0.3 is 9.47 Å². The van der Waals surface area contributed by atoms with E-state index in [0.717, 1.165) is 0 Å². The first-order chi connectivity index (χ1) is 10.8. The molecule has 0 bridgehead atoms. The van der Waals surface area contributed by atoms with Gasteiger partial charge in [0.05, 0.1) is 19.4 Å². The smallest absolute Gasteiger partial charge is 0.453 e. The summed E-state index contributed by atoms with van der Waals surface area (Å²) in [5.41, 5.74) is 0.238. The maximum Gasteiger partial charge on any atom is 0.453 e. The Morgan fingerprint density at radius 2 is 2.04 bits per heavy atom. The normalized spacial score (nSPS) is 11.4. The highest BCUT2D eigenvalue weighted by Crippen LogP contribution is 2.32. The molecule has 10 heteroatoms. The van der Waals surface area contributed by atoms with Gasteiger partial charge in [-0.1, -0.05) is 0 Å². The summed E-state index contributed by atoms with van der Waals surface area (Å²) in [4.78, 5) is 12.1. The number of aromatic nitrogens is 4. The van der Waals surface area contributed by atoms with Gasteiger partial charge in [0.25, 0.3) is 5.82 Å². The first kappa shape index (κ1) is 16.7. The molecule has 0 aliphatic rings. The average Bonchev–Trinajstić information content (AvgIpc) is 2.96. The molecule has 0 spiro atoms. The van der Waals surface area contributed by atoms with Crippen molar-refractivity contribution in [2.24, 2.45) is 0 Å². The maximum absolute atomic E-state index is 12.9. The number of hydrogen-bond donors (Lipinski definition) is 0. The molecule has 1 heterocycles. The summed E-state index contributed by atoms with van der Waals surface area (Å²) in [6.45, 7) is 3.20. The number of rotatable bonds is 4. The topological polar surface area (TPSA) is 79.1 Å². The quantitative estimate of drug-likeness (QED) is 0.800. The molecular weight excluding hydrogens is 317 g/mol. The van der Waals surface area contributed by atoms with Crippen LogP contribution < -0.4 is 4.74 Å². The number of hydrogen-bond acceptors (Lipinski definition) is 6. The predicted molar refractivity (Wildman–Crippen MR) is 71.4 cm³/mol. The van der Waals surface area contributed by atoms with Crippen LogP contribution in [-0.4, -0.2) is 39.9 Å². The molecule has 0 amide bonds. The molecule has 23 heavy (non-hydrogen) atoms. The van der Waals surface area contributed by atoms with Crippen LogP contribution in [0.1, 0.15) is 28.7 Å². The fourth-order valence-electron chi connectivity index (χ4n) is 2.06. The monoisotopic (exact) mass is 330 g/mol. The van der Waals surface area contributed by atoms with E-state index in [1.54, 1.807) is 6.92 Å². The lowest BCUT2D eigenvalue weighted by Gasteiger charge is -2.15. The van der Waals surface area contributed by atoms with E-state index in [0.29, 0.717) is 4.68 Å². The maximum atomic E-state index is 12.9. The van der Waals surface area contributed by atoms with Gasteiger partial charge in [0, 0.05) is 0 Å². The number of ether oxygens (including phenoxy) is 2. The molecular formula is C13H13F3N4O3. The summed E-state index contributed by atoms with van der Waals surface area (Å²) in [6.07, 6.45) is -4.74. The SMILES string of the molecule is CCOC(=O)c1c(OC)ccc(-n2nnnc2C(F)(F)F)c1C. The summed E-state index contributed by atoms with van der Waals surface area (Å²) >= 11 is 0. The molecule has 7 nitrogen and oxygen atoms in total. The number of methoxy groups -OCH3 is 1. The first-order valence-electron chi connectivity index (χ1n) is 6.51. The Labute approximate surface area is 129 Å². The van der Waals surface area contributed by atoms with Crippen LogP contribution >= 0.6 is 0 Å². The Morgan fingerprint density at radius 3 is 2.61 bits per heavy atom. The summed E-state index contributed by atoms with van der Waals surface area (Å²) < 4.78 is 49.4. The van der Waals surface area contributed by atoms with E-state index >= 15 is 0 Å². The van der Waals surface area contributed by atoms with Crippen LogP contribution in [0.3, 0.4) is 0 Å². The third-order valence-corrected chi connectivity index (χ3v) is 3.05. The fraction of sp³-hybridized carbons (Fsp3) is 0.385. The van der Waals surface area contributed by atoms with E-state index in [-0.39, 0.29) is 29.2 Å². The first-order valence-corrected chi connectivity index (χ1v) is 6.51. The zero-order chi connectivity index (χ0) is 17.2. The number of nitrogens with zero attached hydrogens (tertiary/aromatic N) is 4. The van der Waals surface area contributed by atoms with E-state index in [4.69, 9.17) is 9.47 Å². The molecule has 0 saturated heterocycles. The van der Waals surface area contributed by atoms with Gasteiger partial charge >= 0.3 is 12.1 Å². The fourth-order valence-corrected chi connectivity index (χ4v) is 2.06. The molecule has 0 unspecified atom stereocenters. The van der Waals surface area contributed by atoms with E-state index in [9.17, 15) is 18.0 Å². The summed E-state index contributed by atoms with van der Waals surface area (Å²) in [6, 6.07) is 2.69. The Kier molecular flexibility index (Phi) is 4.52. The van der Waals surface area contributed by atoms with Crippen molar-refractivity contribution in [3.63, 3.8) is 0 Å². The van der Waals surface area contributed by atoms with E-state index in [1.807, 2.05) is 0 Å². The molecule has 0 aliphatic carbocycles. The Balaban J connectivity index is 2.65. The van der Waals surface area contributed by atoms with Crippen molar-refractivity contribution in [3.8, 4) is 11.4 Å². The Morgan fingerprint density at radius 1 is 1.35 bits per heavy atom. The van der Waals surface area contributed by atoms with E-state index < -0.39 is 18.0 Å². The second-order valence-corrected chi connectivity index (χ2v) is 4.42. The van der Waals surface area contributed by atoms with Crippen LogP contribution in [0.4, 0.5) is 13.2 Å². The molecule has 2 rings (SSSR count). The number of benzene rings is 1. The third-order valence-electron chi connectivity index (χ3n) is 3.05. The van der Waals surface area contributed by atoms with Crippen molar-refractivity contribution in [2.75, 3.05) is 13.7 Å². The average molecular weight is 330 g/mol. The van der Waals surface area contributed by atoms with Crippen LogP contribution in [0.25, 0.3) is 5.69 Å². The van der Waals surface area contributed by atoms with Gasteiger partial charge in [0.1, 0.15) is 11.3 Å². The van der Waals surface area contributed by atoms with Crippen molar-refractivity contribution < 1.29 is 27.4 Å². The van der Waals surface area contributed by atoms with Gasteiger partial charge in [0.15, 0.2) is 0 Å². The molecule has 2 aromatic rings. The Bertz CT molecular complexity index is 728. The van der Waals surface area contributed by atoms with Gasteiger partial charge in [-0.05, 0) is 42.0 Å². The largest absolute Gasteiger partial charge is 0.496 e. The third kappa shape index (κ3) is 3.10. The predicted octanol–water partition coefficient (Wildman–Crippen LogP) is 2.17. The van der Waals surface area contributed by atoms with Gasteiger partial charge in [-0.15, -0.1) is 5.10 Å². The number of carbonyl (C=O) groups is 1. The summed E-state index contributed by atoms with van der Waals surface area (Å²) in [5, 5.41) is 9.40. The van der Waals surface area contributed by atoms with Crippen molar-refractivity contribution in [1.29, 1.82) is 0 Å². The minimum absolute atomic E-state index is 0.00572. The molecule has 1 aromatic carbocycles. The van der Waals surface area contributed by atoms with Crippen molar-refractivity contribution >= 4 is 5.97 Å². The number of carbonyl (C=O) groups excluding carboxylic acids is 1. The second kappa shape index (κ2) is 6.23. The van der Waals surface area contributed by atoms with E-state index in [1.165, 1.54) is 26.2 Å². The highest BCUT2D eigenvalue weighted by atomic mass is 19.4. The molecule has 0 aliphatic heterocycles. The lowest BCUT2D eigenvalue weighted by Crippen LogP contribution is -2.17. The van der Waals surface area contributed by atoms with Crippen molar-refractivity contribution in [2.45, 2.75) is 20.0 Å². The number of alkyl halides is 3. The highest BCUT2D eigenvalue weighted by molar-refractivity contribution is 5.95. The molecule has 0 saturated carbocycles. The molecule has 1 aromatic heterocycles. The second-order valence-electron chi connectivity index (χ2n) is 4.42. The Hall–Kier alpha value is -2.65. The number of tetrazole rings is 1. The van der Waals surface area contributed by atoms with Crippen LogP contribution in [-0.2, 0) is 10.9 Å². The summed E-state index contributed by atoms with van der Waals surface area (Å²) in [5.74, 6) is -1.81. The minimum atomic E-state index is -4.74. The van der Waals surface area contributed by atoms with Crippen LogP contribution in [0.2, 0.25) is 0 Å². The highest BCUT2D eigenvalue weighted by Gasteiger charge is 2.39. The molecule has 124 valence electrons. The molecule has 0 radical (unpaired) electrons. The zero-order valence-electron chi connectivity index (χ0n) is 12.5. The van der Waals surface area contributed by atoms with Gasteiger partial charge in [-0.3, -0.25) is 0 Å². The minimum Gasteiger partial charge on any atom is -0.496 e. The van der Waals surface area contributed by atoms with Crippen molar-refractivity contribution in [1.82, 2.24) is 20.2 Å². The van der Waals surface area contributed by atoms with Crippen LogP contribution in [0.15, 0.2) is 12.1 Å².